The van der Waals surface area contributed by atoms with E-state index in [2.05, 4.69) is 5.32 Å². The molecule has 3 N–H and O–H groups in total. The molecular weight excluding hydrogens is 224 g/mol. The molecule has 4 nitrogen and oxygen atoms in total. The lowest BCUT2D eigenvalue weighted by Crippen LogP contribution is -2.43. The Hall–Kier alpha value is -0.420. The largest absolute Gasteiger partial charge is 0.352 e. The minimum absolute atomic E-state index is 0.132. The molecule has 0 aliphatic heterocycles. The second-order valence-corrected chi connectivity index (χ2v) is 5.99. The summed E-state index contributed by atoms with van der Waals surface area (Å²) in [4.78, 5) is 11.7. The van der Waals surface area contributed by atoms with Gasteiger partial charge in [0.1, 0.15) is 5.25 Å². The second-order valence-electron chi connectivity index (χ2n) is 4.19. The standard InChI is InChI=1S/C11H24N2O2S/c1-5-10(6-2)13-11(14)9(4)16(15)7-8(3)12/h8-10H,5-7,12H2,1-4H3,(H,13,14). The molecule has 0 saturated heterocycles. The van der Waals surface area contributed by atoms with Crippen LogP contribution in [0.25, 0.3) is 0 Å². The molecule has 0 bridgehead atoms. The van der Waals surface area contributed by atoms with Crippen molar-refractivity contribution in [2.24, 2.45) is 5.73 Å². The summed E-state index contributed by atoms with van der Waals surface area (Å²) in [5.74, 6) is 0.241. The zero-order chi connectivity index (χ0) is 12.7. The van der Waals surface area contributed by atoms with Crippen LogP contribution in [0.2, 0.25) is 0 Å². The van der Waals surface area contributed by atoms with Crippen molar-refractivity contribution in [3.05, 3.63) is 0 Å². The molecule has 0 aromatic rings. The Labute approximate surface area is 101 Å². The average molecular weight is 248 g/mol. The van der Waals surface area contributed by atoms with Gasteiger partial charge in [-0.05, 0) is 26.7 Å². The molecule has 0 aromatic heterocycles. The van der Waals surface area contributed by atoms with Crippen LogP contribution in [0.3, 0.4) is 0 Å². The Morgan fingerprint density at radius 1 is 1.31 bits per heavy atom. The van der Waals surface area contributed by atoms with Gasteiger partial charge in [0.15, 0.2) is 0 Å². The van der Waals surface area contributed by atoms with E-state index in [0.717, 1.165) is 12.8 Å². The molecule has 0 aliphatic carbocycles. The third-order valence-corrected chi connectivity index (χ3v) is 4.38. The SMILES string of the molecule is CCC(CC)NC(=O)C(C)S(=O)CC(C)N. The molecule has 0 saturated carbocycles. The first kappa shape index (κ1) is 15.6. The molecular formula is C11H24N2O2S. The number of nitrogens with one attached hydrogen (secondary N) is 1. The number of hydrogen-bond acceptors (Lipinski definition) is 3. The topological polar surface area (TPSA) is 72.2 Å². The lowest BCUT2D eigenvalue weighted by Gasteiger charge is -2.18. The van der Waals surface area contributed by atoms with Gasteiger partial charge in [0, 0.05) is 28.6 Å². The van der Waals surface area contributed by atoms with Crippen molar-refractivity contribution in [3.63, 3.8) is 0 Å². The van der Waals surface area contributed by atoms with Crippen LogP contribution in [0.5, 0.6) is 0 Å². The molecule has 0 rings (SSSR count). The number of amides is 1. The van der Waals surface area contributed by atoms with Gasteiger partial charge in [-0.25, -0.2) is 0 Å². The fourth-order valence-electron chi connectivity index (χ4n) is 1.33. The van der Waals surface area contributed by atoms with Crippen LogP contribution in [0.1, 0.15) is 40.5 Å². The maximum absolute atomic E-state index is 11.7. The normalized spacial score (nSPS) is 16.9. The number of carbonyl (C=O) groups excluding carboxylic acids is 1. The third kappa shape index (κ3) is 5.61. The quantitative estimate of drug-likeness (QED) is 0.699. The summed E-state index contributed by atoms with van der Waals surface area (Å²) in [5.41, 5.74) is 5.56. The van der Waals surface area contributed by atoms with Crippen molar-refractivity contribution < 1.29 is 9.00 Å². The van der Waals surface area contributed by atoms with Crippen LogP contribution in [0.4, 0.5) is 0 Å². The lowest BCUT2D eigenvalue weighted by molar-refractivity contribution is -0.121. The monoisotopic (exact) mass is 248 g/mol. The molecule has 0 radical (unpaired) electrons. The molecule has 0 aliphatic rings. The minimum Gasteiger partial charge on any atom is -0.352 e. The highest BCUT2D eigenvalue weighted by atomic mass is 32.2. The molecule has 0 heterocycles. The Balaban J connectivity index is 4.22. The van der Waals surface area contributed by atoms with Gasteiger partial charge in [-0.3, -0.25) is 9.00 Å². The average Bonchev–Trinajstić information content (AvgIpc) is 2.23. The number of carbonyl (C=O) groups is 1. The van der Waals surface area contributed by atoms with Crippen molar-refractivity contribution in [1.29, 1.82) is 0 Å². The van der Waals surface area contributed by atoms with Crippen LogP contribution >= 0.6 is 0 Å². The number of hydrogen-bond donors (Lipinski definition) is 2. The Morgan fingerprint density at radius 3 is 2.19 bits per heavy atom. The van der Waals surface area contributed by atoms with Crippen molar-refractivity contribution in [3.8, 4) is 0 Å². The van der Waals surface area contributed by atoms with Gasteiger partial charge < -0.3 is 11.1 Å². The van der Waals surface area contributed by atoms with Crippen LogP contribution in [0.15, 0.2) is 0 Å². The van der Waals surface area contributed by atoms with E-state index in [1.54, 1.807) is 13.8 Å². The Kier molecular flexibility index (Phi) is 7.58. The fourth-order valence-corrected chi connectivity index (χ4v) is 2.45. The second kappa shape index (κ2) is 7.79. The number of rotatable bonds is 7. The zero-order valence-electron chi connectivity index (χ0n) is 10.7. The molecule has 1 amide bonds. The van der Waals surface area contributed by atoms with Crippen LogP contribution in [-0.2, 0) is 15.6 Å². The zero-order valence-corrected chi connectivity index (χ0v) is 11.5. The molecule has 3 atom stereocenters. The first-order valence-corrected chi connectivity index (χ1v) is 7.23. The molecule has 0 spiro atoms. The molecule has 3 unspecified atom stereocenters. The first-order valence-electron chi connectivity index (χ1n) is 5.85. The maximum atomic E-state index is 11.7. The van der Waals surface area contributed by atoms with Crippen molar-refractivity contribution in [2.75, 3.05) is 5.75 Å². The van der Waals surface area contributed by atoms with Crippen molar-refractivity contribution in [2.45, 2.75) is 57.9 Å². The van der Waals surface area contributed by atoms with Crippen molar-refractivity contribution >= 4 is 16.7 Å². The van der Waals surface area contributed by atoms with Crippen molar-refractivity contribution in [1.82, 2.24) is 5.32 Å². The summed E-state index contributed by atoms with van der Waals surface area (Å²) in [6.07, 6.45) is 1.80. The highest BCUT2D eigenvalue weighted by molar-refractivity contribution is 7.86. The van der Waals surface area contributed by atoms with E-state index in [1.807, 2.05) is 13.8 Å². The summed E-state index contributed by atoms with van der Waals surface area (Å²) in [6.45, 7) is 7.54. The molecule has 16 heavy (non-hydrogen) atoms. The van der Waals surface area contributed by atoms with Gasteiger partial charge in [-0.15, -0.1) is 0 Å². The first-order chi connectivity index (χ1) is 7.42. The molecule has 0 aromatic carbocycles. The van der Waals surface area contributed by atoms with Gasteiger partial charge in [-0.1, -0.05) is 13.8 Å². The summed E-state index contributed by atoms with van der Waals surface area (Å²) in [6, 6.07) is 0.0477. The van der Waals surface area contributed by atoms with E-state index in [4.69, 9.17) is 5.73 Å². The van der Waals surface area contributed by atoms with E-state index < -0.39 is 16.0 Å². The van der Waals surface area contributed by atoms with Gasteiger partial charge in [0.2, 0.25) is 5.91 Å². The third-order valence-electron chi connectivity index (χ3n) is 2.52. The minimum atomic E-state index is -1.18. The van der Waals surface area contributed by atoms with E-state index in [0.29, 0.717) is 5.75 Å². The number of nitrogens with two attached hydrogens (primary N) is 1. The Bertz CT molecular complexity index is 240. The molecule has 96 valence electrons. The predicted octanol–water partition coefficient (Wildman–Crippen LogP) is 0.776. The van der Waals surface area contributed by atoms with Gasteiger partial charge in [0.05, 0.1) is 0 Å². The van der Waals surface area contributed by atoms with Gasteiger partial charge in [0.25, 0.3) is 0 Å². The van der Waals surface area contributed by atoms with Crippen LogP contribution in [0, 0.1) is 0 Å². The molecule has 5 heteroatoms. The summed E-state index contributed by atoms with van der Waals surface area (Å²) >= 11 is 0. The molecule has 0 fully saturated rings. The summed E-state index contributed by atoms with van der Waals surface area (Å²) in [5, 5.41) is 2.42. The van der Waals surface area contributed by atoms with E-state index >= 15 is 0 Å². The Morgan fingerprint density at radius 2 is 1.81 bits per heavy atom. The highest BCUT2D eigenvalue weighted by Gasteiger charge is 2.22. The smallest absolute Gasteiger partial charge is 0.235 e. The van der Waals surface area contributed by atoms with Gasteiger partial charge in [-0.2, -0.15) is 0 Å². The van der Waals surface area contributed by atoms with E-state index in [-0.39, 0.29) is 18.0 Å². The summed E-state index contributed by atoms with van der Waals surface area (Å²) < 4.78 is 11.7. The van der Waals surface area contributed by atoms with E-state index in [9.17, 15) is 9.00 Å². The van der Waals surface area contributed by atoms with Gasteiger partial charge >= 0.3 is 0 Å². The summed E-state index contributed by atoms with van der Waals surface area (Å²) in [7, 11) is -1.18. The van der Waals surface area contributed by atoms with Crippen LogP contribution in [-0.4, -0.2) is 33.2 Å². The maximum Gasteiger partial charge on any atom is 0.235 e. The predicted molar refractivity (Wildman–Crippen MR) is 68.6 cm³/mol. The van der Waals surface area contributed by atoms with E-state index in [1.165, 1.54) is 0 Å². The lowest BCUT2D eigenvalue weighted by atomic mass is 10.2. The highest BCUT2D eigenvalue weighted by Crippen LogP contribution is 2.02. The van der Waals surface area contributed by atoms with Crippen LogP contribution < -0.4 is 11.1 Å². The fraction of sp³-hybridized carbons (Fsp3) is 0.909.